The van der Waals surface area contributed by atoms with E-state index in [9.17, 15) is 9.59 Å². The van der Waals surface area contributed by atoms with Crippen LogP contribution in [0.3, 0.4) is 0 Å². The summed E-state index contributed by atoms with van der Waals surface area (Å²) in [6, 6.07) is 9.13. The molecule has 6 nitrogen and oxygen atoms in total. The lowest BCUT2D eigenvalue weighted by Crippen LogP contribution is -2.02. The van der Waals surface area contributed by atoms with Crippen molar-refractivity contribution in [1.29, 1.82) is 0 Å². The van der Waals surface area contributed by atoms with Crippen molar-refractivity contribution in [3.63, 3.8) is 0 Å². The first kappa shape index (κ1) is 14.8. The predicted molar refractivity (Wildman–Crippen MR) is 67.7 cm³/mol. The normalized spacial score (nSPS) is 10.4. The highest BCUT2D eigenvalue weighted by Gasteiger charge is 2.04. The molecule has 1 aromatic rings. The van der Waals surface area contributed by atoms with Crippen LogP contribution < -0.4 is 0 Å². The number of unbranched alkanes of at least 4 members (excludes halogenated alkanes) is 1. The van der Waals surface area contributed by atoms with Crippen LogP contribution in [0.25, 0.3) is 0 Å². The van der Waals surface area contributed by atoms with Crippen LogP contribution in [-0.2, 0) is 16.1 Å². The molecule has 0 atom stereocenters. The molecule has 0 aliphatic rings. The topological polar surface area (TPSA) is 77.3 Å². The highest BCUT2D eigenvalue weighted by atomic mass is 16.6. The van der Waals surface area contributed by atoms with Gasteiger partial charge in [-0.3, -0.25) is 0 Å². The molecule has 0 saturated carbocycles. The second-order valence-electron chi connectivity index (χ2n) is 3.71. The van der Waals surface area contributed by atoms with Crippen LogP contribution in [0.5, 0.6) is 0 Å². The molecular weight excluding hydrogens is 248 g/mol. The Morgan fingerprint density at radius 2 is 1.68 bits per heavy atom. The van der Waals surface area contributed by atoms with E-state index in [1.54, 1.807) is 0 Å². The van der Waals surface area contributed by atoms with E-state index in [0.717, 1.165) is 18.4 Å². The van der Waals surface area contributed by atoms with Gasteiger partial charge in [0, 0.05) is 0 Å². The molecule has 0 radical (unpaired) electrons. The van der Waals surface area contributed by atoms with Crippen molar-refractivity contribution < 1.29 is 19.1 Å². The lowest BCUT2D eigenvalue weighted by atomic mass is 10.2. The molecule has 0 aliphatic heterocycles. The average Bonchev–Trinajstić information content (AvgIpc) is 2.44. The molecule has 0 spiro atoms. The monoisotopic (exact) mass is 264 g/mol. The zero-order valence-corrected chi connectivity index (χ0v) is 10.7. The van der Waals surface area contributed by atoms with Crippen LogP contribution in [0.15, 0.2) is 40.6 Å². The summed E-state index contributed by atoms with van der Waals surface area (Å²) >= 11 is 0. The van der Waals surface area contributed by atoms with Crippen molar-refractivity contribution in [3.05, 3.63) is 35.9 Å². The summed E-state index contributed by atoms with van der Waals surface area (Å²) in [7, 11) is 0. The van der Waals surface area contributed by atoms with Gasteiger partial charge in [-0.1, -0.05) is 53.9 Å². The molecule has 0 unspecified atom stereocenters. The van der Waals surface area contributed by atoms with Gasteiger partial charge in [0.1, 0.15) is 6.61 Å². The minimum absolute atomic E-state index is 0.0869. The van der Waals surface area contributed by atoms with E-state index in [2.05, 4.69) is 15.0 Å². The number of azo groups is 1. The van der Waals surface area contributed by atoms with Crippen molar-refractivity contribution >= 4 is 12.2 Å². The SMILES string of the molecule is CCCCOC(=O)N=NC(=O)OCc1ccccc1. The summed E-state index contributed by atoms with van der Waals surface area (Å²) in [4.78, 5) is 22.2. The molecule has 0 bridgehead atoms. The van der Waals surface area contributed by atoms with Gasteiger partial charge < -0.3 is 9.47 Å². The highest BCUT2D eigenvalue weighted by Crippen LogP contribution is 2.01. The smallest absolute Gasteiger partial charge is 0.447 e. The van der Waals surface area contributed by atoms with Gasteiger partial charge in [-0.15, -0.1) is 0 Å². The van der Waals surface area contributed by atoms with Crippen LogP contribution in [0.4, 0.5) is 9.59 Å². The fourth-order valence-electron chi connectivity index (χ4n) is 1.16. The summed E-state index contributed by atoms with van der Waals surface area (Å²) < 4.78 is 9.49. The number of rotatable bonds is 5. The number of benzene rings is 1. The largest absolute Gasteiger partial charge is 0.452 e. The van der Waals surface area contributed by atoms with Gasteiger partial charge >= 0.3 is 12.2 Å². The molecule has 1 rings (SSSR count). The number of nitrogens with zero attached hydrogens (tertiary/aromatic N) is 2. The van der Waals surface area contributed by atoms with Gasteiger partial charge in [-0.05, 0) is 12.0 Å². The van der Waals surface area contributed by atoms with E-state index < -0.39 is 12.2 Å². The Hall–Kier alpha value is -2.24. The first-order chi connectivity index (χ1) is 9.22. The Labute approximate surface area is 111 Å². The second kappa shape index (κ2) is 8.79. The molecule has 0 saturated heterocycles. The number of ether oxygens (including phenoxy) is 2. The van der Waals surface area contributed by atoms with Crippen molar-refractivity contribution in [3.8, 4) is 0 Å². The van der Waals surface area contributed by atoms with E-state index in [1.165, 1.54) is 0 Å². The Balaban J connectivity index is 2.25. The lowest BCUT2D eigenvalue weighted by Gasteiger charge is -2.00. The van der Waals surface area contributed by atoms with Crippen molar-refractivity contribution in [2.45, 2.75) is 26.4 Å². The zero-order chi connectivity index (χ0) is 13.9. The Kier molecular flexibility index (Phi) is 6.86. The molecule has 102 valence electrons. The quantitative estimate of drug-likeness (QED) is 0.600. The van der Waals surface area contributed by atoms with Crippen LogP contribution in [0.2, 0.25) is 0 Å². The summed E-state index contributed by atoms with van der Waals surface area (Å²) in [5.74, 6) is 0. The van der Waals surface area contributed by atoms with E-state index in [1.807, 2.05) is 37.3 Å². The van der Waals surface area contributed by atoms with E-state index in [4.69, 9.17) is 4.74 Å². The fraction of sp³-hybridized carbons (Fsp3) is 0.385. The maximum Gasteiger partial charge on any atom is 0.452 e. The summed E-state index contributed by atoms with van der Waals surface area (Å²) in [6.07, 6.45) is -0.148. The number of carbonyl (C=O) groups is 2. The van der Waals surface area contributed by atoms with Crippen molar-refractivity contribution in [1.82, 2.24) is 0 Å². The maximum atomic E-state index is 11.2. The lowest BCUT2D eigenvalue weighted by molar-refractivity contribution is 0.141. The third kappa shape index (κ3) is 6.92. The molecule has 2 amide bonds. The maximum absolute atomic E-state index is 11.2. The molecule has 19 heavy (non-hydrogen) atoms. The first-order valence-electron chi connectivity index (χ1n) is 6.01. The minimum Gasteiger partial charge on any atom is -0.447 e. The molecule has 0 aromatic heterocycles. The van der Waals surface area contributed by atoms with Gasteiger partial charge in [-0.25, -0.2) is 9.59 Å². The molecule has 6 heteroatoms. The molecule has 0 aliphatic carbocycles. The minimum atomic E-state index is -0.920. The van der Waals surface area contributed by atoms with Gasteiger partial charge in [-0.2, -0.15) is 0 Å². The van der Waals surface area contributed by atoms with Gasteiger partial charge in [0.05, 0.1) is 6.61 Å². The Morgan fingerprint density at radius 1 is 1.05 bits per heavy atom. The first-order valence-corrected chi connectivity index (χ1v) is 6.01. The number of carbonyl (C=O) groups excluding carboxylic acids is 2. The number of hydrogen-bond acceptors (Lipinski definition) is 4. The van der Waals surface area contributed by atoms with E-state index >= 15 is 0 Å². The third-order valence-corrected chi connectivity index (χ3v) is 2.14. The molecule has 0 fully saturated rings. The summed E-state index contributed by atoms with van der Waals surface area (Å²) in [5.41, 5.74) is 0.830. The number of amides is 2. The molecule has 0 N–H and O–H groups in total. The van der Waals surface area contributed by atoms with Gasteiger partial charge in [0.15, 0.2) is 0 Å². The highest BCUT2D eigenvalue weighted by molar-refractivity contribution is 5.73. The standard InChI is InChI=1S/C13H16N2O4/c1-2-3-9-18-12(16)14-15-13(17)19-10-11-7-5-4-6-8-11/h4-8H,2-3,9-10H2,1H3. The molecule has 0 heterocycles. The van der Waals surface area contributed by atoms with E-state index in [0.29, 0.717) is 0 Å². The summed E-state index contributed by atoms with van der Waals surface area (Å²) in [6.45, 7) is 2.33. The zero-order valence-electron chi connectivity index (χ0n) is 10.7. The summed E-state index contributed by atoms with van der Waals surface area (Å²) in [5, 5.41) is 6.20. The van der Waals surface area contributed by atoms with Gasteiger partial charge in [0.2, 0.25) is 0 Å². The Bertz CT molecular complexity index is 432. The average molecular weight is 264 g/mol. The van der Waals surface area contributed by atoms with Crippen LogP contribution in [0, 0.1) is 0 Å². The van der Waals surface area contributed by atoms with Gasteiger partial charge in [0.25, 0.3) is 0 Å². The number of hydrogen-bond donors (Lipinski definition) is 0. The van der Waals surface area contributed by atoms with Crippen LogP contribution in [-0.4, -0.2) is 18.8 Å². The van der Waals surface area contributed by atoms with Crippen LogP contribution in [0.1, 0.15) is 25.3 Å². The predicted octanol–water partition coefficient (Wildman–Crippen LogP) is 3.71. The second-order valence-corrected chi connectivity index (χ2v) is 3.71. The van der Waals surface area contributed by atoms with Crippen LogP contribution >= 0.6 is 0 Å². The molecular formula is C13H16N2O4. The van der Waals surface area contributed by atoms with E-state index in [-0.39, 0.29) is 13.2 Å². The fourth-order valence-corrected chi connectivity index (χ4v) is 1.16. The van der Waals surface area contributed by atoms with Crippen molar-refractivity contribution in [2.75, 3.05) is 6.61 Å². The molecule has 1 aromatic carbocycles. The third-order valence-electron chi connectivity index (χ3n) is 2.14. The van der Waals surface area contributed by atoms with Crippen molar-refractivity contribution in [2.24, 2.45) is 10.2 Å². The Morgan fingerprint density at radius 3 is 2.32 bits per heavy atom.